The predicted molar refractivity (Wildman–Crippen MR) is 98.7 cm³/mol. The molecule has 0 bridgehead atoms. The maximum Gasteiger partial charge on any atom is 0.417 e. The van der Waals surface area contributed by atoms with Gasteiger partial charge in [-0.15, -0.1) is 0 Å². The highest BCUT2D eigenvalue weighted by Crippen LogP contribution is 2.28. The first-order valence-electron chi connectivity index (χ1n) is 8.74. The monoisotopic (exact) mass is 348 g/mol. The summed E-state index contributed by atoms with van der Waals surface area (Å²) in [6.07, 6.45) is 0.248. The summed E-state index contributed by atoms with van der Waals surface area (Å²) in [5.41, 5.74) is 4.15. The molecule has 2 amide bonds. The standard InChI is InChI=1S/C21H20N2O3/c1-14-7-9-18-16(11-14)12-17(22-18)8-10-20(24)23-19(13-26-21(23)25)15-5-3-2-4-6-15/h2-7,9,11-12,19,22H,8,10,13H2,1H3/t19-/m1/s1. The SMILES string of the molecule is Cc1ccc2[nH]c(CCC(=O)N3C(=O)OC[C@@H]3c3ccccc3)cc2c1. The lowest BCUT2D eigenvalue weighted by Crippen LogP contribution is -2.34. The van der Waals surface area contributed by atoms with E-state index in [0.717, 1.165) is 22.2 Å². The van der Waals surface area contributed by atoms with Gasteiger partial charge in [0.05, 0.1) is 0 Å². The van der Waals surface area contributed by atoms with E-state index >= 15 is 0 Å². The number of ether oxygens (including phenoxy) is 1. The lowest BCUT2D eigenvalue weighted by Gasteiger charge is -2.19. The number of H-pyrrole nitrogens is 1. The highest BCUT2D eigenvalue weighted by atomic mass is 16.6. The van der Waals surface area contributed by atoms with E-state index in [1.165, 1.54) is 10.5 Å². The molecule has 4 rings (SSSR count). The molecule has 26 heavy (non-hydrogen) atoms. The van der Waals surface area contributed by atoms with Crippen LogP contribution in [0.15, 0.2) is 54.6 Å². The summed E-state index contributed by atoms with van der Waals surface area (Å²) in [6.45, 7) is 2.26. The molecule has 0 aliphatic carbocycles. The molecule has 0 unspecified atom stereocenters. The summed E-state index contributed by atoms with van der Waals surface area (Å²) in [7, 11) is 0. The van der Waals surface area contributed by atoms with Gasteiger partial charge in [0.1, 0.15) is 12.6 Å². The number of cyclic esters (lactones) is 1. The lowest BCUT2D eigenvalue weighted by atomic mass is 10.1. The molecule has 0 saturated carbocycles. The van der Waals surface area contributed by atoms with Gasteiger partial charge in [-0.05, 0) is 42.5 Å². The van der Waals surface area contributed by atoms with Crippen LogP contribution in [-0.2, 0) is 16.0 Å². The number of hydrogen-bond acceptors (Lipinski definition) is 3. The Labute approximate surface area is 151 Å². The van der Waals surface area contributed by atoms with E-state index in [2.05, 4.69) is 30.1 Å². The Morgan fingerprint density at radius 1 is 1.19 bits per heavy atom. The van der Waals surface area contributed by atoms with Crippen molar-refractivity contribution < 1.29 is 14.3 Å². The molecular formula is C21H20N2O3. The van der Waals surface area contributed by atoms with E-state index in [9.17, 15) is 9.59 Å². The third kappa shape index (κ3) is 3.08. The smallest absolute Gasteiger partial charge is 0.417 e. The highest BCUT2D eigenvalue weighted by molar-refractivity contribution is 5.94. The van der Waals surface area contributed by atoms with Crippen LogP contribution in [0.25, 0.3) is 10.9 Å². The number of nitrogens with zero attached hydrogens (tertiary/aromatic N) is 1. The number of imide groups is 1. The molecule has 5 heteroatoms. The van der Waals surface area contributed by atoms with Crippen molar-refractivity contribution in [3.63, 3.8) is 0 Å². The average molecular weight is 348 g/mol. The van der Waals surface area contributed by atoms with Crippen molar-refractivity contribution in [2.45, 2.75) is 25.8 Å². The predicted octanol–water partition coefficient (Wildman–Crippen LogP) is 4.13. The van der Waals surface area contributed by atoms with Gasteiger partial charge < -0.3 is 9.72 Å². The Bertz CT molecular complexity index is 962. The number of amides is 2. The number of aryl methyl sites for hydroxylation is 2. The van der Waals surface area contributed by atoms with Gasteiger partial charge in [-0.25, -0.2) is 9.69 Å². The molecular weight excluding hydrogens is 328 g/mol. The number of carbonyl (C=O) groups excluding carboxylic acids is 2. The van der Waals surface area contributed by atoms with Crippen molar-refractivity contribution in [2.24, 2.45) is 0 Å². The number of aromatic nitrogens is 1. The molecule has 1 fully saturated rings. The number of nitrogens with one attached hydrogen (secondary N) is 1. The van der Waals surface area contributed by atoms with Crippen LogP contribution in [-0.4, -0.2) is 28.5 Å². The zero-order chi connectivity index (χ0) is 18.1. The van der Waals surface area contributed by atoms with Gasteiger partial charge in [-0.3, -0.25) is 4.79 Å². The van der Waals surface area contributed by atoms with Crippen LogP contribution in [0.2, 0.25) is 0 Å². The molecule has 1 aromatic heterocycles. The van der Waals surface area contributed by atoms with Gasteiger partial charge >= 0.3 is 6.09 Å². The fourth-order valence-corrected chi connectivity index (χ4v) is 3.43. The van der Waals surface area contributed by atoms with E-state index < -0.39 is 6.09 Å². The number of fused-ring (bicyclic) bond motifs is 1. The second-order valence-electron chi connectivity index (χ2n) is 6.65. The molecule has 2 aromatic carbocycles. The first-order valence-corrected chi connectivity index (χ1v) is 8.74. The van der Waals surface area contributed by atoms with Crippen molar-refractivity contribution in [1.29, 1.82) is 0 Å². The van der Waals surface area contributed by atoms with Crippen LogP contribution < -0.4 is 0 Å². The topological polar surface area (TPSA) is 62.4 Å². The molecule has 1 saturated heterocycles. The number of benzene rings is 2. The largest absolute Gasteiger partial charge is 0.446 e. The zero-order valence-corrected chi connectivity index (χ0v) is 14.6. The van der Waals surface area contributed by atoms with E-state index in [1.807, 2.05) is 36.4 Å². The lowest BCUT2D eigenvalue weighted by molar-refractivity contribution is -0.129. The fourth-order valence-electron chi connectivity index (χ4n) is 3.43. The highest BCUT2D eigenvalue weighted by Gasteiger charge is 2.38. The van der Waals surface area contributed by atoms with Crippen molar-refractivity contribution in [1.82, 2.24) is 9.88 Å². The third-order valence-corrected chi connectivity index (χ3v) is 4.77. The van der Waals surface area contributed by atoms with E-state index in [0.29, 0.717) is 6.42 Å². The summed E-state index contributed by atoms with van der Waals surface area (Å²) in [6, 6.07) is 17.4. The minimum atomic E-state index is -0.559. The number of aromatic amines is 1. The van der Waals surface area contributed by atoms with Crippen LogP contribution in [0.4, 0.5) is 4.79 Å². The molecule has 0 radical (unpaired) electrons. The molecule has 3 aromatic rings. The van der Waals surface area contributed by atoms with Gasteiger partial charge in [0.15, 0.2) is 0 Å². The minimum Gasteiger partial charge on any atom is -0.446 e. The second-order valence-corrected chi connectivity index (χ2v) is 6.65. The Morgan fingerprint density at radius 3 is 2.81 bits per heavy atom. The van der Waals surface area contributed by atoms with Gasteiger partial charge in [0.25, 0.3) is 0 Å². The fraction of sp³-hybridized carbons (Fsp3) is 0.238. The van der Waals surface area contributed by atoms with Crippen LogP contribution in [0.1, 0.15) is 29.3 Å². The Balaban J connectivity index is 1.48. The molecule has 5 nitrogen and oxygen atoms in total. The molecule has 1 aliphatic rings. The second kappa shape index (κ2) is 6.67. The Hall–Kier alpha value is -3.08. The maximum atomic E-state index is 12.7. The van der Waals surface area contributed by atoms with Crippen LogP contribution in [0.5, 0.6) is 0 Å². The molecule has 1 aliphatic heterocycles. The quantitative estimate of drug-likeness (QED) is 0.771. The first kappa shape index (κ1) is 16.4. The number of carbonyl (C=O) groups is 2. The average Bonchev–Trinajstić information content (AvgIpc) is 3.23. The maximum absolute atomic E-state index is 12.7. The van der Waals surface area contributed by atoms with Gasteiger partial charge in [0, 0.05) is 17.6 Å². The summed E-state index contributed by atoms with van der Waals surface area (Å²) in [4.78, 5) is 29.3. The van der Waals surface area contributed by atoms with Crippen LogP contribution >= 0.6 is 0 Å². The molecule has 132 valence electrons. The minimum absolute atomic E-state index is 0.209. The van der Waals surface area contributed by atoms with Gasteiger partial charge in [-0.1, -0.05) is 42.0 Å². The number of rotatable bonds is 4. The molecule has 1 atom stereocenters. The van der Waals surface area contributed by atoms with Crippen molar-refractivity contribution in [3.8, 4) is 0 Å². The van der Waals surface area contributed by atoms with Crippen LogP contribution in [0, 0.1) is 6.92 Å². The summed E-state index contributed by atoms with van der Waals surface area (Å²) >= 11 is 0. The summed E-state index contributed by atoms with van der Waals surface area (Å²) < 4.78 is 5.13. The summed E-state index contributed by atoms with van der Waals surface area (Å²) in [5.74, 6) is -0.212. The van der Waals surface area contributed by atoms with Gasteiger partial charge in [-0.2, -0.15) is 0 Å². The van der Waals surface area contributed by atoms with Crippen molar-refractivity contribution in [3.05, 3.63) is 71.4 Å². The van der Waals surface area contributed by atoms with Crippen molar-refractivity contribution >= 4 is 22.9 Å². The van der Waals surface area contributed by atoms with Crippen LogP contribution in [0.3, 0.4) is 0 Å². The zero-order valence-electron chi connectivity index (χ0n) is 14.6. The van der Waals surface area contributed by atoms with E-state index in [4.69, 9.17) is 4.74 Å². The van der Waals surface area contributed by atoms with E-state index in [-0.39, 0.29) is 25.0 Å². The molecule has 1 N–H and O–H groups in total. The molecule has 0 spiro atoms. The normalized spacial score (nSPS) is 16.9. The van der Waals surface area contributed by atoms with Crippen molar-refractivity contribution in [2.75, 3.05) is 6.61 Å². The number of hydrogen-bond donors (Lipinski definition) is 1. The Kier molecular flexibility index (Phi) is 4.21. The first-order chi connectivity index (χ1) is 12.6. The van der Waals surface area contributed by atoms with Gasteiger partial charge in [0.2, 0.25) is 5.91 Å². The molecule has 2 heterocycles. The summed E-state index contributed by atoms with van der Waals surface area (Å²) in [5, 5.41) is 1.13. The van der Waals surface area contributed by atoms with E-state index in [1.54, 1.807) is 0 Å². The third-order valence-electron chi connectivity index (χ3n) is 4.77. The Morgan fingerprint density at radius 2 is 2.00 bits per heavy atom.